The Labute approximate surface area is 171 Å². The van der Waals surface area contributed by atoms with E-state index in [0.717, 1.165) is 50.8 Å². The molecule has 0 aliphatic carbocycles. The fourth-order valence-corrected chi connectivity index (χ4v) is 5.37. The van der Waals surface area contributed by atoms with Crippen molar-refractivity contribution in [1.29, 1.82) is 0 Å². The van der Waals surface area contributed by atoms with Crippen LogP contribution in [0.4, 0.5) is 4.39 Å². The fraction of sp³-hybridized carbons (Fsp3) is 0.600. The summed E-state index contributed by atoms with van der Waals surface area (Å²) in [7, 11) is -3.94. The fourth-order valence-electron chi connectivity index (χ4n) is 3.76. The Bertz CT molecular complexity index is 853. The van der Waals surface area contributed by atoms with Crippen molar-refractivity contribution in [2.45, 2.75) is 49.8 Å². The van der Waals surface area contributed by atoms with Crippen LogP contribution in [0.2, 0.25) is 0 Å². The Morgan fingerprint density at radius 2 is 1.79 bits per heavy atom. The van der Waals surface area contributed by atoms with Crippen molar-refractivity contribution in [2.75, 3.05) is 32.7 Å². The van der Waals surface area contributed by atoms with Crippen molar-refractivity contribution in [1.82, 2.24) is 14.5 Å². The minimum atomic E-state index is -3.94. The Balaban J connectivity index is 1.57. The summed E-state index contributed by atoms with van der Waals surface area (Å²) >= 11 is 0. The average Bonchev–Trinajstić information content (AvgIpc) is 3.17. The molecule has 2 saturated heterocycles. The Morgan fingerprint density at radius 3 is 2.55 bits per heavy atom. The zero-order valence-electron chi connectivity index (χ0n) is 16.5. The lowest BCUT2D eigenvalue weighted by Crippen LogP contribution is -2.34. The van der Waals surface area contributed by atoms with Crippen molar-refractivity contribution in [3.63, 3.8) is 0 Å². The van der Waals surface area contributed by atoms with Crippen LogP contribution in [0.1, 0.15) is 55.3 Å². The van der Waals surface area contributed by atoms with Gasteiger partial charge in [0.05, 0.1) is 0 Å². The standard InChI is InChI=1S/C20H28FN3O4S/c21-17-9-8-16(15-18(17)29(27,28)24-13-4-5-14-24)20(26)22-10-6-12-23-11-3-1-2-7-19(23)25/h8-9,15H,1-7,10-14H2,(H,22,26). The molecule has 3 rings (SSSR count). The summed E-state index contributed by atoms with van der Waals surface area (Å²) in [5.41, 5.74) is 0.107. The molecule has 2 fully saturated rings. The third-order valence-corrected chi connectivity index (χ3v) is 7.35. The Morgan fingerprint density at radius 1 is 1.07 bits per heavy atom. The quantitative estimate of drug-likeness (QED) is 0.678. The lowest BCUT2D eigenvalue weighted by atomic mass is 10.2. The van der Waals surface area contributed by atoms with Crippen molar-refractivity contribution in [3.8, 4) is 0 Å². The summed E-state index contributed by atoms with van der Waals surface area (Å²) in [6.45, 7) is 2.43. The molecular formula is C20H28FN3O4S. The highest BCUT2D eigenvalue weighted by Gasteiger charge is 2.30. The SMILES string of the molecule is O=C(NCCCN1CCCCCC1=O)c1ccc(F)c(S(=O)(=O)N2CCCC2)c1. The highest BCUT2D eigenvalue weighted by atomic mass is 32.2. The van der Waals surface area contributed by atoms with E-state index in [-0.39, 0.29) is 11.5 Å². The van der Waals surface area contributed by atoms with Crippen LogP contribution in [-0.2, 0) is 14.8 Å². The van der Waals surface area contributed by atoms with E-state index in [0.29, 0.717) is 39.0 Å². The molecule has 0 unspecified atom stereocenters. The van der Waals surface area contributed by atoms with E-state index in [9.17, 15) is 22.4 Å². The lowest BCUT2D eigenvalue weighted by Gasteiger charge is -2.20. The summed E-state index contributed by atoms with van der Waals surface area (Å²) < 4.78 is 40.7. The molecule has 0 atom stereocenters. The number of sulfonamides is 1. The molecule has 2 aliphatic rings. The van der Waals surface area contributed by atoms with E-state index in [1.807, 2.05) is 4.90 Å². The van der Waals surface area contributed by atoms with Gasteiger partial charge in [0.2, 0.25) is 15.9 Å². The predicted molar refractivity (Wildman–Crippen MR) is 106 cm³/mol. The first-order valence-electron chi connectivity index (χ1n) is 10.3. The number of nitrogens with one attached hydrogen (secondary N) is 1. The van der Waals surface area contributed by atoms with Crippen molar-refractivity contribution in [3.05, 3.63) is 29.6 Å². The van der Waals surface area contributed by atoms with E-state index < -0.39 is 26.6 Å². The van der Waals surface area contributed by atoms with Gasteiger partial charge in [0, 0.05) is 44.7 Å². The van der Waals surface area contributed by atoms with Gasteiger partial charge < -0.3 is 10.2 Å². The van der Waals surface area contributed by atoms with Crippen LogP contribution in [0.3, 0.4) is 0 Å². The molecule has 7 nitrogen and oxygen atoms in total. The molecule has 2 amide bonds. The van der Waals surface area contributed by atoms with Gasteiger partial charge in [0.25, 0.3) is 5.91 Å². The smallest absolute Gasteiger partial charge is 0.251 e. The monoisotopic (exact) mass is 425 g/mol. The van der Waals surface area contributed by atoms with Crippen molar-refractivity contribution in [2.24, 2.45) is 0 Å². The maximum Gasteiger partial charge on any atom is 0.251 e. The van der Waals surface area contributed by atoms with Gasteiger partial charge >= 0.3 is 0 Å². The third-order valence-electron chi connectivity index (χ3n) is 5.44. The first-order chi connectivity index (χ1) is 13.9. The number of hydrogen-bond donors (Lipinski definition) is 1. The van der Waals surface area contributed by atoms with Gasteiger partial charge in [-0.05, 0) is 50.3 Å². The number of hydrogen-bond acceptors (Lipinski definition) is 4. The molecule has 29 heavy (non-hydrogen) atoms. The molecule has 0 bridgehead atoms. The van der Waals surface area contributed by atoms with Crippen LogP contribution in [0, 0.1) is 5.82 Å². The van der Waals surface area contributed by atoms with E-state index >= 15 is 0 Å². The minimum absolute atomic E-state index is 0.107. The maximum atomic E-state index is 14.2. The van der Waals surface area contributed by atoms with Crippen LogP contribution < -0.4 is 5.32 Å². The number of likely N-dealkylation sites (tertiary alicyclic amines) is 1. The number of rotatable bonds is 7. The molecule has 160 valence electrons. The van der Waals surface area contributed by atoms with Gasteiger partial charge in [-0.2, -0.15) is 4.31 Å². The first kappa shape index (κ1) is 21.7. The molecular weight excluding hydrogens is 397 g/mol. The summed E-state index contributed by atoms with van der Waals surface area (Å²) in [6.07, 6.45) is 5.68. The molecule has 2 aliphatic heterocycles. The summed E-state index contributed by atoms with van der Waals surface area (Å²) in [6, 6.07) is 3.41. The van der Waals surface area contributed by atoms with Gasteiger partial charge in [0.15, 0.2) is 0 Å². The Kier molecular flexibility index (Phi) is 7.23. The number of amides is 2. The van der Waals surface area contributed by atoms with E-state index in [2.05, 4.69) is 5.32 Å². The Hall–Kier alpha value is -2.00. The number of carbonyl (C=O) groups is 2. The second kappa shape index (κ2) is 9.67. The molecule has 1 N–H and O–H groups in total. The van der Waals surface area contributed by atoms with Gasteiger partial charge in [-0.1, -0.05) is 6.42 Å². The third kappa shape index (κ3) is 5.33. The lowest BCUT2D eigenvalue weighted by molar-refractivity contribution is -0.130. The van der Waals surface area contributed by atoms with Crippen molar-refractivity contribution >= 4 is 21.8 Å². The topological polar surface area (TPSA) is 86.8 Å². The van der Waals surface area contributed by atoms with Crippen molar-refractivity contribution < 1.29 is 22.4 Å². The molecule has 2 heterocycles. The molecule has 9 heteroatoms. The van der Waals surface area contributed by atoms with Crippen LogP contribution in [-0.4, -0.2) is 62.2 Å². The molecule has 0 aromatic heterocycles. The highest BCUT2D eigenvalue weighted by molar-refractivity contribution is 7.89. The number of halogens is 1. The van der Waals surface area contributed by atoms with E-state index in [1.54, 1.807) is 0 Å². The summed E-state index contributed by atoms with van der Waals surface area (Å²) in [4.78, 5) is 25.8. The summed E-state index contributed by atoms with van der Waals surface area (Å²) in [5.74, 6) is -1.15. The van der Waals surface area contributed by atoms with E-state index in [1.165, 1.54) is 10.4 Å². The molecule has 0 radical (unpaired) electrons. The molecule has 0 saturated carbocycles. The van der Waals surface area contributed by atoms with Crippen LogP contribution >= 0.6 is 0 Å². The minimum Gasteiger partial charge on any atom is -0.352 e. The van der Waals surface area contributed by atoms with Crippen LogP contribution in [0.5, 0.6) is 0 Å². The normalized spacial score (nSPS) is 18.7. The molecule has 1 aromatic carbocycles. The second-order valence-corrected chi connectivity index (χ2v) is 9.46. The van der Waals surface area contributed by atoms with Crippen LogP contribution in [0.25, 0.3) is 0 Å². The maximum absolute atomic E-state index is 14.2. The van der Waals surface area contributed by atoms with E-state index in [4.69, 9.17) is 0 Å². The second-order valence-electron chi connectivity index (χ2n) is 7.56. The van der Waals surface area contributed by atoms with Gasteiger partial charge in [-0.25, -0.2) is 12.8 Å². The zero-order valence-corrected chi connectivity index (χ0v) is 17.3. The highest BCUT2D eigenvalue weighted by Crippen LogP contribution is 2.24. The van der Waals surface area contributed by atoms with Gasteiger partial charge in [-0.3, -0.25) is 9.59 Å². The number of carbonyl (C=O) groups excluding carboxylic acids is 2. The van der Waals surface area contributed by atoms with Crippen LogP contribution in [0.15, 0.2) is 23.1 Å². The van der Waals surface area contributed by atoms with Gasteiger partial charge in [-0.15, -0.1) is 0 Å². The molecule has 0 spiro atoms. The zero-order chi connectivity index (χ0) is 20.9. The molecule has 1 aromatic rings. The largest absolute Gasteiger partial charge is 0.352 e. The van der Waals surface area contributed by atoms with Gasteiger partial charge in [0.1, 0.15) is 10.7 Å². The summed E-state index contributed by atoms with van der Waals surface area (Å²) in [5, 5.41) is 2.73. The number of benzene rings is 1. The average molecular weight is 426 g/mol. The first-order valence-corrected chi connectivity index (χ1v) is 11.7. The number of nitrogens with zero attached hydrogens (tertiary/aromatic N) is 2. The predicted octanol–water partition coefficient (Wildman–Crippen LogP) is 2.13.